The van der Waals surface area contributed by atoms with Crippen LogP contribution < -0.4 is 10.9 Å². The number of H-pyrrole nitrogens is 1. The molecule has 0 unspecified atom stereocenters. The van der Waals surface area contributed by atoms with Crippen molar-refractivity contribution < 1.29 is 4.39 Å². The number of benzene rings is 2. The van der Waals surface area contributed by atoms with Gasteiger partial charge in [-0.1, -0.05) is 36.2 Å². The lowest BCUT2D eigenvalue weighted by atomic mass is 10.0. The van der Waals surface area contributed by atoms with Crippen molar-refractivity contribution in [3.8, 4) is 5.69 Å². The maximum absolute atomic E-state index is 14.0. The number of hydrogen-bond donors (Lipinski definition) is 2. The fourth-order valence-electron chi connectivity index (χ4n) is 3.89. The highest BCUT2D eigenvalue weighted by molar-refractivity contribution is 6.35. The van der Waals surface area contributed by atoms with Crippen molar-refractivity contribution in [3.05, 3.63) is 87.0 Å². The molecule has 7 nitrogen and oxygen atoms in total. The number of pyridine rings is 1. The van der Waals surface area contributed by atoms with Gasteiger partial charge in [0, 0.05) is 10.7 Å². The summed E-state index contributed by atoms with van der Waals surface area (Å²) in [5.74, 6) is 0.0543. The van der Waals surface area contributed by atoms with Crippen LogP contribution in [0.5, 0.6) is 0 Å². The molecular formula is C23H17Cl2FN6O. The summed E-state index contributed by atoms with van der Waals surface area (Å²) in [6, 6.07) is 10.6. The van der Waals surface area contributed by atoms with Crippen molar-refractivity contribution in [2.24, 2.45) is 0 Å². The monoisotopic (exact) mass is 482 g/mol. The summed E-state index contributed by atoms with van der Waals surface area (Å²) >= 11 is 12.6. The molecule has 5 rings (SSSR count). The van der Waals surface area contributed by atoms with E-state index in [0.29, 0.717) is 50.2 Å². The van der Waals surface area contributed by atoms with Crippen LogP contribution in [0.4, 0.5) is 10.2 Å². The Morgan fingerprint density at radius 2 is 1.97 bits per heavy atom. The molecule has 0 saturated carbocycles. The molecule has 0 bridgehead atoms. The van der Waals surface area contributed by atoms with Crippen molar-refractivity contribution in [2.75, 3.05) is 5.32 Å². The third kappa shape index (κ3) is 3.81. The summed E-state index contributed by atoms with van der Waals surface area (Å²) in [6.07, 6.45) is 3.57. The van der Waals surface area contributed by atoms with Crippen LogP contribution in [-0.2, 0) is 0 Å². The van der Waals surface area contributed by atoms with E-state index in [1.165, 1.54) is 23.0 Å². The second kappa shape index (κ2) is 8.46. The molecule has 2 aromatic carbocycles. The quantitative estimate of drug-likeness (QED) is 0.337. The van der Waals surface area contributed by atoms with E-state index < -0.39 is 5.82 Å². The molecule has 3 heterocycles. The van der Waals surface area contributed by atoms with E-state index in [1.54, 1.807) is 30.6 Å². The van der Waals surface area contributed by atoms with E-state index in [9.17, 15) is 9.18 Å². The van der Waals surface area contributed by atoms with Crippen LogP contribution in [-0.4, -0.2) is 24.5 Å². The average Bonchev–Trinajstić information content (AvgIpc) is 3.28. The minimum absolute atomic E-state index is 0.248. The summed E-state index contributed by atoms with van der Waals surface area (Å²) in [5.41, 5.74) is 1.87. The molecule has 166 valence electrons. The molecular weight excluding hydrogens is 466 g/mol. The Bertz CT molecular complexity index is 1560. The molecule has 3 aromatic heterocycles. The maximum atomic E-state index is 14.0. The fourth-order valence-corrected chi connectivity index (χ4v) is 4.39. The second-order valence-corrected chi connectivity index (χ2v) is 8.31. The van der Waals surface area contributed by atoms with Gasteiger partial charge in [0.1, 0.15) is 17.7 Å². The van der Waals surface area contributed by atoms with Crippen molar-refractivity contribution in [2.45, 2.75) is 19.4 Å². The van der Waals surface area contributed by atoms with E-state index in [1.807, 2.05) is 13.0 Å². The number of fused-ring (bicyclic) bond motifs is 2. The van der Waals surface area contributed by atoms with Crippen LogP contribution in [0.2, 0.25) is 10.0 Å². The molecule has 0 aliphatic carbocycles. The lowest BCUT2D eigenvalue weighted by Gasteiger charge is -2.24. The summed E-state index contributed by atoms with van der Waals surface area (Å²) in [5, 5.41) is 5.00. The standard InChI is InChI=1S/C23H17Cl2FN6O/c1-2-17(31-22-20-21(28-10-27-20)29-11-30-22)19-7-12-3-5-14(26)9-15(12)23(33)32(19)18-6-4-13(24)8-16(18)25/h3-11,17H,2H2,1H3,(H2,27,28,29,30,31)/t17-/m1/s1. The Morgan fingerprint density at radius 3 is 2.76 bits per heavy atom. The Morgan fingerprint density at radius 1 is 1.12 bits per heavy atom. The highest BCUT2D eigenvalue weighted by Crippen LogP contribution is 2.31. The first kappa shape index (κ1) is 21.4. The minimum Gasteiger partial charge on any atom is -0.360 e. The normalized spacial score (nSPS) is 12.4. The number of imidazole rings is 1. The molecule has 10 heteroatoms. The van der Waals surface area contributed by atoms with Crippen LogP contribution in [0.25, 0.3) is 27.6 Å². The SMILES string of the molecule is CC[C@@H](Nc1ncnc2nc[nH]c12)c1cc2ccc(F)cc2c(=O)n1-c1ccc(Cl)cc1Cl. The lowest BCUT2D eigenvalue weighted by Crippen LogP contribution is -2.27. The number of hydrogen-bond acceptors (Lipinski definition) is 5. The number of anilines is 1. The number of aromatic amines is 1. The van der Waals surface area contributed by atoms with E-state index in [4.69, 9.17) is 23.2 Å². The Balaban J connectivity index is 1.75. The van der Waals surface area contributed by atoms with Gasteiger partial charge in [-0.05, 0) is 48.2 Å². The highest BCUT2D eigenvalue weighted by Gasteiger charge is 2.21. The molecule has 5 aromatic rings. The van der Waals surface area contributed by atoms with Gasteiger partial charge in [0.15, 0.2) is 11.5 Å². The summed E-state index contributed by atoms with van der Waals surface area (Å²) < 4.78 is 15.5. The van der Waals surface area contributed by atoms with Gasteiger partial charge in [-0.15, -0.1) is 0 Å². The van der Waals surface area contributed by atoms with Gasteiger partial charge >= 0.3 is 0 Å². The highest BCUT2D eigenvalue weighted by atomic mass is 35.5. The molecule has 1 atom stereocenters. The number of nitrogens with one attached hydrogen (secondary N) is 2. The number of aromatic nitrogens is 5. The number of nitrogens with zero attached hydrogens (tertiary/aromatic N) is 4. The van der Waals surface area contributed by atoms with Crippen LogP contribution in [0.15, 0.2) is 59.9 Å². The zero-order valence-corrected chi connectivity index (χ0v) is 18.8. The van der Waals surface area contributed by atoms with E-state index in [-0.39, 0.29) is 17.0 Å². The van der Waals surface area contributed by atoms with E-state index in [2.05, 4.69) is 25.3 Å². The molecule has 0 aliphatic rings. The molecule has 0 amide bonds. The average molecular weight is 483 g/mol. The third-order valence-corrected chi connectivity index (χ3v) is 6.00. The van der Waals surface area contributed by atoms with Crippen LogP contribution in [0.1, 0.15) is 25.1 Å². The van der Waals surface area contributed by atoms with Crippen molar-refractivity contribution >= 4 is 51.0 Å². The summed E-state index contributed by atoms with van der Waals surface area (Å²) in [4.78, 5) is 29.3. The minimum atomic E-state index is -0.492. The van der Waals surface area contributed by atoms with Crippen LogP contribution >= 0.6 is 23.2 Å². The van der Waals surface area contributed by atoms with Gasteiger partial charge in [-0.2, -0.15) is 0 Å². The van der Waals surface area contributed by atoms with Crippen molar-refractivity contribution in [1.82, 2.24) is 24.5 Å². The molecule has 0 radical (unpaired) electrons. The van der Waals surface area contributed by atoms with Crippen molar-refractivity contribution in [1.29, 1.82) is 0 Å². The first-order valence-electron chi connectivity index (χ1n) is 10.2. The van der Waals surface area contributed by atoms with Crippen molar-refractivity contribution in [3.63, 3.8) is 0 Å². The Kier molecular flexibility index (Phi) is 5.47. The van der Waals surface area contributed by atoms with Gasteiger partial charge in [-0.25, -0.2) is 19.3 Å². The number of halogens is 3. The van der Waals surface area contributed by atoms with Gasteiger partial charge in [0.05, 0.1) is 28.5 Å². The van der Waals surface area contributed by atoms with Crippen LogP contribution in [0.3, 0.4) is 0 Å². The second-order valence-electron chi connectivity index (χ2n) is 7.47. The Hall–Kier alpha value is -3.49. The molecule has 0 fully saturated rings. The third-order valence-electron chi connectivity index (χ3n) is 5.46. The summed E-state index contributed by atoms with van der Waals surface area (Å²) in [7, 11) is 0. The number of rotatable bonds is 5. The topological polar surface area (TPSA) is 88.5 Å². The molecule has 0 aliphatic heterocycles. The van der Waals surface area contributed by atoms with E-state index in [0.717, 1.165) is 0 Å². The van der Waals surface area contributed by atoms with E-state index >= 15 is 0 Å². The maximum Gasteiger partial charge on any atom is 0.263 e. The molecule has 33 heavy (non-hydrogen) atoms. The molecule has 2 N–H and O–H groups in total. The predicted octanol–water partition coefficient (Wildman–Crippen LogP) is 5.67. The zero-order chi connectivity index (χ0) is 23.1. The molecule has 0 spiro atoms. The van der Waals surface area contributed by atoms with Crippen LogP contribution in [0, 0.1) is 5.82 Å². The van der Waals surface area contributed by atoms with Gasteiger partial charge in [-0.3, -0.25) is 9.36 Å². The summed E-state index contributed by atoms with van der Waals surface area (Å²) in [6.45, 7) is 1.98. The lowest BCUT2D eigenvalue weighted by molar-refractivity contribution is 0.629. The van der Waals surface area contributed by atoms with Gasteiger partial charge < -0.3 is 10.3 Å². The molecule has 0 saturated heterocycles. The smallest absolute Gasteiger partial charge is 0.263 e. The largest absolute Gasteiger partial charge is 0.360 e. The first-order valence-corrected chi connectivity index (χ1v) is 10.9. The Labute approximate surface area is 197 Å². The van der Waals surface area contributed by atoms with Gasteiger partial charge in [0.2, 0.25) is 0 Å². The van der Waals surface area contributed by atoms with Gasteiger partial charge in [0.25, 0.3) is 5.56 Å². The first-order chi connectivity index (χ1) is 16.0. The zero-order valence-electron chi connectivity index (χ0n) is 17.3. The predicted molar refractivity (Wildman–Crippen MR) is 128 cm³/mol. The fraction of sp³-hybridized carbons (Fsp3) is 0.130.